The van der Waals surface area contributed by atoms with Gasteiger partial charge in [0.15, 0.2) is 0 Å². The molecule has 0 aliphatic carbocycles. The van der Waals surface area contributed by atoms with E-state index in [0.29, 0.717) is 0 Å². The predicted octanol–water partition coefficient (Wildman–Crippen LogP) is 18.1. The lowest BCUT2D eigenvalue weighted by atomic mass is 9.34. The van der Waals surface area contributed by atoms with Crippen LogP contribution in [0.1, 0.15) is 26.3 Å². The topological polar surface area (TPSA) is 17.4 Å². The van der Waals surface area contributed by atoms with Gasteiger partial charge in [0, 0.05) is 39.3 Å². The van der Waals surface area contributed by atoms with Crippen molar-refractivity contribution in [2.45, 2.75) is 26.2 Å². The predicted molar refractivity (Wildman–Crippen MR) is 331 cm³/mol. The monoisotopic (exact) mass is 994 g/mol. The highest BCUT2D eigenvalue weighted by atomic mass is 16.5. The van der Waals surface area contributed by atoms with E-state index in [1.807, 2.05) is 0 Å². The van der Waals surface area contributed by atoms with Crippen LogP contribution in [0.5, 0.6) is 11.5 Å². The van der Waals surface area contributed by atoms with Crippen molar-refractivity contribution in [2.75, 3.05) is 4.90 Å². The largest absolute Gasteiger partial charge is 0.458 e. The minimum atomic E-state index is -0.174. The molecule has 0 radical (unpaired) electrons. The second-order valence-corrected chi connectivity index (χ2v) is 22.4. The molecular weight excluding hydrogens is 944 g/mol. The van der Waals surface area contributed by atoms with Gasteiger partial charge in [-0.2, -0.15) is 0 Å². The summed E-state index contributed by atoms with van der Waals surface area (Å²) < 4.78 is 9.91. The van der Waals surface area contributed by atoms with Crippen molar-refractivity contribution in [3.8, 4) is 61.7 Å². The Labute approximate surface area is 454 Å². The summed E-state index contributed by atoms with van der Waals surface area (Å²) >= 11 is 0. The molecule has 0 spiro atoms. The van der Waals surface area contributed by atoms with Crippen molar-refractivity contribution in [3.05, 3.63) is 260 Å². The van der Waals surface area contributed by atoms with Gasteiger partial charge in [0.2, 0.25) is 0 Å². The first-order valence-electron chi connectivity index (χ1n) is 27.3. The summed E-state index contributed by atoms with van der Waals surface area (Å²) in [6, 6.07) is 94.7. The summed E-state index contributed by atoms with van der Waals surface area (Å²) in [5.41, 5.74) is 20.9. The fourth-order valence-electron chi connectivity index (χ4n) is 13.2. The van der Waals surface area contributed by atoms with E-state index in [1.54, 1.807) is 0 Å². The van der Waals surface area contributed by atoms with E-state index in [4.69, 9.17) is 4.74 Å². The van der Waals surface area contributed by atoms with Crippen LogP contribution >= 0.6 is 0 Å². The third kappa shape index (κ3) is 6.79. The quantitative estimate of drug-likeness (QED) is 0.122. The molecule has 0 amide bonds. The molecule has 0 fully saturated rings. The zero-order chi connectivity index (χ0) is 51.8. The van der Waals surface area contributed by atoms with Crippen molar-refractivity contribution in [1.29, 1.82) is 0 Å². The van der Waals surface area contributed by atoms with Crippen LogP contribution in [0.4, 0.5) is 17.1 Å². The van der Waals surface area contributed by atoms with E-state index in [0.717, 1.165) is 84.0 Å². The van der Waals surface area contributed by atoms with E-state index in [2.05, 4.69) is 285 Å². The molecule has 0 atom stereocenters. The minimum absolute atomic E-state index is 0.0572. The van der Waals surface area contributed by atoms with Gasteiger partial charge in [0.1, 0.15) is 11.5 Å². The number of hydrogen-bond acceptors (Lipinski definition) is 2. The molecule has 2 aliphatic heterocycles. The Morgan fingerprint density at radius 3 is 1.47 bits per heavy atom. The number of para-hydroxylation sites is 3. The van der Waals surface area contributed by atoms with Gasteiger partial charge >= 0.3 is 0 Å². The zero-order valence-electron chi connectivity index (χ0n) is 43.6. The molecule has 3 nitrogen and oxygen atoms in total. The van der Waals surface area contributed by atoms with Gasteiger partial charge < -0.3 is 14.2 Å². The first kappa shape index (κ1) is 44.6. The van der Waals surface area contributed by atoms with Gasteiger partial charge in [0.25, 0.3) is 6.71 Å². The molecule has 0 unspecified atom stereocenters. The Morgan fingerprint density at radius 2 is 0.885 bits per heavy atom. The molecule has 14 aromatic rings. The maximum absolute atomic E-state index is 7.48. The third-order valence-corrected chi connectivity index (χ3v) is 16.9. The Balaban J connectivity index is 0.978. The summed E-state index contributed by atoms with van der Waals surface area (Å²) in [6.45, 7) is 6.73. The second kappa shape index (κ2) is 16.9. The molecule has 366 valence electrons. The van der Waals surface area contributed by atoms with Crippen LogP contribution in [0.3, 0.4) is 0 Å². The molecule has 3 heterocycles. The van der Waals surface area contributed by atoms with Gasteiger partial charge in [-0.15, -0.1) is 0 Å². The molecular formula is C74H51BN2O. The number of aromatic nitrogens is 1. The molecule has 2 aliphatic rings. The van der Waals surface area contributed by atoms with Gasteiger partial charge in [0.05, 0.1) is 22.4 Å². The lowest BCUT2D eigenvalue weighted by Crippen LogP contribution is -2.59. The number of ether oxygens (including phenoxy) is 1. The maximum Gasteiger partial charge on any atom is 0.256 e. The van der Waals surface area contributed by atoms with E-state index in [9.17, 15) is 0 Å². The number of fused-ring (bicyclic) bond motifs is 7. The Bertz CT molecular complexity index is 4570. The fraction of sp³-hybridized carbons (Fsp3) is 0.0541. The molecule has 13 aromatic carbocycles. The van der Waals surface area contributed by atoms with Crippen LogP contribution in [0, 0.1) is 0 Å². The molecule has 1 aromatic heterocycles. The average molecular weight is 995 g/mol. The Morgan fingerprint density at radius 1 is 0.372 bits per heavy atom. The smallest absolute Gasteiger partial charge is 0.256 e. The van der Waals surface area contributed by atoms with E-state index in [-0.39, 0.29) is 12.1 Å². The van der Waals surface area contributed by atoms with Crippen LogP contribution < -0.4 is 26.0 Å². The van der Waals surface area contributed by atoms with Crippen LogP contribution in [0.15, 0.2) is 255 Å². The van der Waals surface area contributed by atoms with Gasteiger partial charge in [-0.1, -0.05) is 227 Å². The maximum atomic E-state index is 7.48. The zero-order valence-corrected chi connectivity index (χ0v) is 43.6. The highest BCUT2D eigenvalue weighted by molar-refractivity contribution is 6.99. The van der Waals surface area contributed by atoms with E-state index < -0.39 is 0 Å². The summed E-state index contributed by atoms with van der Waals surface area (Å²) in [5, 5.41) is 10.2. The first-order chi connectivity index (χ1) is 38.3. The second-order valence-electron chi connectivity index (χ2n) is 22.4. The SMILES string of the molecule is CC(C)(C)c1cc2ccc3cc(-c4ccc5c(c4)B4c6cc(-c7ccccc7)ccc6N(c6c(-c7ccccc7)cccc6-c6ccccc6)c6cc(-n7c8ccccc8c8ccccc87)cc(c64)O5)cc4ccc(c1)c2c34. The van der Waals surface area contributed by atoms with Crippen LogP contribution in [0.2, 0.25) is 0 Å². The number of benzene rings is 13. The molecule has 0 saturated carbocycles. The molecule has 0 N–H and O–H groups in total. The first-order valence-corrected chi connectivity index (χ1v) is 27.3. The summed E-state index contributed by atoms with van der Waals surface area (Å²) in [5.74, 6) is 1.72. The third-order valence-electron chi connectivity index (χ3n) is 16.9. The standard InChI is InChI=1S/C74H51BN2O/c1-74(2,3)56-40-53-32-30-51-38-55(39-52-31-33-54(41-56)71(53)70(51)52)50-35-37-68-63(43-50)75-62-42-49(46-18-7-4-8-19-46)34-36-66(62)77(73-58(47-20-9-5-10-21-47)26-17-27-59(73)48-22-11-6-12-23-48)67-44-57(45-69(78-68)72(67)75)76-64-28-15-13-24-60(64)61-25-14-16-29-65(61)76/h4-45H,1-3H3. The lowest BCUT2D eigenvalue weighted by molar-refractivity contribution is 0.487. The number of anilines is 3. The number of rotatable bonds is 6. The lowest BCUT2D eigenvalue weighted by Gasteiger charge is -2.42. The van der Waals surface area contributed by atoms with Crippen LogP contribution in [0.25, 0.3) is 104 Å². The average Bonchev–Trinajstić information content (AvgIpc) is 3.84. The minimum Gasteiger partial charge on any atom is -0.458 e. The molecule has 0 saturated heterocycles. The summed E-state index contributed by atoms with van der Waals surface area (Å²) in [4.78, 5) is 2.57. The van der Waals surface area contributed by atoms with Crippen LogP contribution in [-0.4, -0.2) is 11.3 Å². The number of hydrogen-bond donors (Lipinski definition) is 0. The highest BCUT2D eigenvalue weighted by Gasteiger charge is 2.44. The van der Waals surface area contributed by atoms with Crippen molar-refractivity contribution < 1.29 is 4.74 Å². The van der Waals surface area contributed by atoms with Crippen molar-refractivity contribution in [3.63, 3.8) is 0 Å². The van der Waals surface area contributed by atoms with Crippen molar-refractivity contribution >= 4 is 94.3 Å². The van der Waals surface area contributed by atoms with E-state index in [1.165, 1.54) is 70.8 Å². The van der Waals surface area contributed by atoms with Crippen LogP contribution in [-0.2, 0) is 5.41 Å². The van der Waals surface area contributed by atoms with Crippen molar-refractivity contribution in [2.24, 2.45) is 0 Å². The molecule has 16 rings (SSSR count). The van der Waals surface area contributed by atoms with Gasteiger partial charge in [-0.05, 0) is 136 Å². The fourth-order valence-corrected chi connectivity index (χ4v) is 13.2. The Hall–Kier alpha value is -9.64. The van der Waals surface area contributed by atoms with E-state index >= 15 is 0 Å². The molecule has 0 bridgehead atoms. The highest BCUT2D eigenvalue weighted by Crippen LogP contribution is 2.51. The summed E-state index contributed by atoms with van der Waals surface area (Å²) in [7, 11) is 0. The van der Waals surface area contributed by atoms with Gasteiger partial charge in [-0.3, -0.25) is 0 Å². The molecule has 4 heteroatoms. The van der Waals surface area contributed by atoms with Crippen molar-refractivity contribution in [1.82, 2.24) is 4.57 Å². The number of nitrogens with zero attached hydrogens (tertiary/aromatic N) is 2. The normalized spacial score (nSPS) is 12.9. The molecule has 78 heavy (non-hydrogen) atoms. The Kier molecular flexibility index (Phi) is 9.69. The van der Waals surface area contributed by atoms with Gasteiger partial charge in [-0.25, -0.2) is 0 Å². The summed E-state index contributed by atoms with van der Waals surface area (Å²) in [6.07, 6.45) is 0.